The average molecular weight is 378 g/mol. The summed E-state index contributed by atoms with van der Waals surface area (Å²) in [5.41, 5.74) is 3.32. The Morgan fingerprint density at radius 1 is 1.18 bits per heavy atom. The zero-order valence-corrected chi connectivity index (χ0v) is 15.6. The Labute approximate surface area is 162 Å². The summed E-state index contributed by atoms with van der Waals surface area (Å²) in [6.45, 7) is 5.51. The molecular formula is C20H19FN6O. The molecule has 3 aromatic rings. The lowest BCUT2D eigenvalue weighted by Gasteiger charge is -2.36. The van der Waals surface area contributed by atoms with Gasteiger partial charge in [0.1, 0.15) is 17.6 Å². The van der Waals surface area contributed by atoms with Crippen LogP contribution in [0.3, 0.4) is 0 Å². The number of para-hydroxylation sites is 1. The van der Waals surface area contributed by atoms with E-state index in [-0.39, 0.29) is 17.6 Å². The van der Waals surface area contributed by atoms with Crippen LogP contribution in [0.25, 0.3) is 5.69 Å². The minimum atomic E-state index is -0.325. The first-order valence-corrected chi connectivity index (χ1v) is 8.99. The van der Waals surface area contributed by atoms with Crippen molar-refractivity contribution in [2.75, 3.05) is 24.7 Å². The second-order valence-electron chi connectivity index (χ2n) is 6.62. The van der Waals surface area contributed by atoms with Gasteiger partial charge in [0, 0.05) is 17.8 Å². The molecule has 1 aliphatic rings. The molecule has 28 heavy (non-hydrogen) atoms. The lowest BCUT2D eigenvalue weighted by Crippen LogP contribution is -2.40. The van der Waals surface area contributed by atoms with E-state index in [0.717, 1.165) is 17.0 Å². The molecule has 1 aromatic carbocycles. The SMILES string of the molecule is Cc1nn(-c2ccccc2F)c(C)c1C1COCCN1c1ccc(C#N)nn1. The number of nitrogens with zero attached hydrogens (tertiary/aromatic N) is 6. The van der Waals surface area contributed by atoms with Crippen LogP contribution in [-0.4, -0.2) is 39.7 Å². The van der Waals surface area contributed by atoms with Crippen molar-refractivity contribution in [2.45, 2.75) is 19.9 Å². The van der Waals surface area contributed by atoms with E-state index in [0.29, 0.717) is 31.3 Å². The maximum atomic E-state index is 14.3. The Morgan fingerprint density at radius 3 is 2.71 bits per heavy atom. The summed E-state index contributed by atoms with van der Waals surface area (Å²) in [5, 5.41) is 21.7. The van der Waals surface area contributed by atoms with E-state index in [1.165, 1.54) is 6.07 Å². The zero-order chi connectivity index (χ0) is 19.7. The molecular weight excluding hydrogens is 359 g/mol. The molecule has 1 aliphatic heterocycles. The van der Waals surface area contributed by atoms with Gasteiger partial charge < -0.3 is 9.64 Å². The predicted octanol–water partition coefficient (Wildman–Crippen LogP) is 2.87. The Bertz CT molecular complexity index is 1040. The van der Waals surface area contributed by atoms with Gasteiger partial charge in [-0.1, -0.05) is 12.1 Å². The van der Waals surface area contributed by atoms with Crippen LogP contribution >= 0.6 is 0 Å². The van der Waals surface area contributed by atoms with Gasteiger partial charge in [0.2, 0.25) is 0 Å². The molecule has 1 atom stereocenters. The highest BCUT2D eigenvalue weighted by atomic mass is 19.1. The third-order valence-corrected chi connectivity index (χ3v) is 4.95. The maximum absolute atomic E-state index is 14.3. The number of benzene rings is 1. The molecule has 0 spiro atoms. The van der Waals surface area contributed by atoms with Crippen molar-refractivity contribution in [3.63, 3.8) is 0 Å². The molecule has 0 aliphatic carbocycles. The van der Waals surface area contributed by atoms with Crippen LogP contribution < -0.4 is 4.90 Å². The molecule has 3 heterocycles. The van der Waals surface area contributed by atoms with E-state index in [1.54, 1.807) is 35.0 Å². The molecule has 0 saturated carbocycles. The van der Waals surface area contributed by atoms with E-state index < -0.39 is 0 Å². The summed E-state index contributed by atoms with van der Waals surface area (Å²) in [4.78, 5) is 2.10. The fourth-order valence-electron chi connectivity index (χ4n) is 3.65. The standard InChI is InChI=1S/C20H19FN6O/c1-13-20(14(2)27(25-13)17-6-4-3-5-16(17)21)18-12-28-10-9-26(18)19-8-7-15(11-22)23-24-19/h3-8,18H,9-10,12H2,1-2H3. The van der Waals surface area contributed by atoms with Crippen LogP contribution in [0.4, 0.5) is 10.2 Å². The largest absolute Gasteiger partial charge is 0.377 e. The highest BCUT2D eigenvalue weighted by molar-refractivity contribution is 5.47. The molecule has 0 bridgehead atoms. The van der Waals surface area contributed by atoms with E-state index >= 15 is 0 Å². The molecule has 142 valence electrons. The topological polar surface area (TPSA) is 79.9 Å². The van der Waals surface area contributed by atoms with Gasteiger partial charge in [-0.2, -0.15) is 10.4 Å². The Balaban J connectivity index is 1.76. The molecule has 7 nitrogen and oxygen atoms in total. The number of hydrogen-bond donors (Lipinski definition) is 0. The van der Waals surface area contributed by atoms with Crippen molar-refractivity contribution >= 4 is 5.82 Å². The minimum absolute atomic E-state index is 0.128. The zero-order valence-electron chi connectivity index (χ0n) is 15.6. The summed E-state index contributed by atoms with van der Waals surface area (Å²) in [6, 6.07) is 11.9. The smallest absolute Gasteiger partial charge is 0.163 e. The second-order valence-corrected chi connectivity index (χ2v) is 6.62. The highest BCUT2D eigenvalue weighted by Crippen LogP contribution is 2.33. The van der Waals surface area contributed by atoms with E-state index in [4.69, 9.17) is 10.00 Å². The van der Waals surface area contributed by atoms with Crippen LogP contribution in [0.15, 0.2) is 36.4 Å². The molecule has 0 amide bonds. The Kier molecular flexibility index (Phi) is 4.75. The van der Waals surface area contributed by atoms with Crippen molar-refractivity contribution in [1.82, 2.24) is 20.0 Å². The van der Waals surface area contributed by atoms with Gasteiger partial charge >= 0.3 is 0 Å². The van der Waals surface area contributed by atoms with Crippen LogP contribution in [0.2, 0.25) is 0 Å². The number of ether oxygens (including phenoxy) is 1. The van der Waals surface area contributed by atoms with Crippen LogP contribution in [0, 0.1) is 31.0 Å². The van der Waals surface area contributed by atoms with E-state index in [2.05, 4.69) is 20.2 Å². The van der Waals surface area contributed by atoms with Crippen molar-refractivity contribution in [3.05, 3.63) is 64.9 Å². The van der Waals surface area contributed by atoms with Gasteiger partial charge in [0.05, 0.1) is 24.9 Å². The van der Waals surface area contributed by atoms with Crippen molar-refractivity contribution in [1.29, 1.82) is 5.26 Å². The summed E-state index contributed by atoms with van der Waals surface area (Å²) < 4.78 is 21.7. The lowest BCUT2D eigenvalue weighted by atomic mass is 10.0. The quantitative estimate of drug-likeness (QED) is 0.697. The average Bonchev–Trinajstić information content (AvgIpc) is 3.02. The lowest BCUT2D eigenvalue weighted by molar-refractivity contribution is 0.0932. The predicted molar refractivity (Wildman–Crippen MR) is 101 cm³/mol. The maximum Gasteiger partial charge on any atom is 0.163 e. The fourth-order valence-corrected chi connectivity index (χ4v) is 3.65. The van der Waals surface area contributed by atoms with Crippen molar-refractivity contribution in [2.24, 2.45) is 0 Å². The fraction of sp³-hybridized carbons (Fsp3) is 0.300. The number of halogens is 1. The van der Waals surface area contributed by atoms with E-state index in [9.17, 15) is 4.39 Å². The van der Waals surface area contributed by atoms with Gasteiger partial charge in [0.15, 0.2) is 11.5 Å². The molecule has 1 unspecified atom stereocenters. The first-order valence-electron chi connectivity index (χ1n) is 8.99. The van der Waals surface area contributed by atoms with Gasteiger partial charge in [0.25, 0.3) is 0 Å². The summed E-state index contributed by atoms with van der Waals surface area (Å²) in [7, 11) is 0. The summed E-state index contributed by atoms with van der Waals surface area (Å²) in [5.74, 6) is 0.346. The second kappa shape index (κ2) is 7.37. The number of aryl methyl sites for hydroxylation is 1. The molecule has 1 saturated heterocycles. The number of anilines is 1. The molecule has 1 fully saturated rings. The number of rotatable bonds is 3. The highest BCUT2D eigenvalue weighted by Gasteiger charge is 2.31. The van der Waals surface area contributed by atoms with Crippen molar-refractivity contribution in [3.8, 4) is 11.8 Å². The summed E-state index contributed by atoms with van der Waals surface area (Å²) in [6.07, 6.45) is 0. The van der Waals surface area contributed by atoms with Gasteiger partial charge in [-0.3, -0.25) is 0 Å². The Hall–Kier alpha value is -3.31. The van der Waals surface area contributed by atoms with Crippen molar-refractivity contribution < 1.29 is 9.13 Å². The van der Waals surface area contributed by atoms with Crippen LogP contribution in [0.1, 0.15) is 28.7 Å². The molecule has 2 aromatic heterocycles. The monoisotopic (exact) mass is 378 g/mol. The van der Waals surface area contributed by atoms with E-state index in [1.807, 2.05) is 19.9 Å². The van der Waals surface area contributed by atoms with Crippen LogP contribution in [0.5, 0.6) is 0 Å². The third-order valence-electron chi connectivity index (χ3n) is 4.95. The molecule has 8 heteroatoms. The van der Waals surface area contributed by atoms with Gasteiger partial charge in [-0.15, -0.1) is 10.2 Å². The molecule has 4 rings (SSSR count). The first-order chi connectivity index (χ1) is 13.6. The van der Waals surface area contributed by atoms with Crippen LogP contribution in [-0.2, 0) is 4.74 Å². The molecule has 0 radical (unpaired) electrons. The Morgan fingerprint density at radius 2 is 2.00 bits per heavy atom. The number of morpholine rings is 1. The number of nitriles is 1. The number of hydrogen-bond acceptors (Lipinski definition) is 6. The first kappa shape index (κ1) is 18.1. The molecule has 0 N–H and O–H groups in total. The number of aromatic nitrogens is 4. The third kappa shape index (κ3) is 3.10. The van der Waals surface area contributed by atoms with Gasteiger partial charge in [-0.05, 0) is 38.1 Å². The minimum Gasteiger partial charge on any atom is -0.377 e. The van der Waals surface area contributed by atoms with Gasteiger partial charge in [-0.25, -0.2) is 9.07 Å². The summed E-state index contributed by atoms with van der Waals surface area (Å²) >= 11 is 0. The normalized spacial score (nSPS) is 16.8.